The first-order valence-electron chi connectivity index (χ1n) is 5.96. The summed E-state index contributed by atoms with van der Waals surface area (Å²) in [6, 6.07) is 10.9. The third-order valence-corrected chi connectivity index (χ3v) is 3.01. The molecule has 4 nitrogen and oxygen atoms in total. The van der Waals surface area contributed by atoms with Gasteiger partial charge >= 0.3 is 0 Å². The second-order valence-corrected chi connectivity index (χ2v) is 4.84. The second kappa shape index (κ2) is 6.33. The summed E-state index contributed by atoms with van der Waals surface area (Å²) in [5, 5.41) is 5.90. The van der Waals surface area contributed by atoms with Crippen LogP contribution in [0.25, 0.3) is 0 Å². The normalized spacial score (nSPS) is 10.0. The van der Waals surface area contributed by atoms with Gasteiger partial charge < -0.3 is 10.6 Å². The van der Waals surface area contributed by atoms with Gasteiger partial charge in [0.25, 0.3) is 5.91 Å². The van der Waals surface area contributed by atoms with E-state index < -0.39 is 0 Å². The average Bonchev–Trinajstić information content (AvgIpc) is 2.42. The molecule has 0 radical (unpaired) electrons. The van der Waals surface area contributed by atoms with Crippen molar-refractivity contribution >= 4 is 33.3 Å². The lowest BCUT2D eigenvalue weighted by Crippen LogP contribution is -2.12. The monoisotopic (exact) mass is 319 g/mol. The van der Waals surface area contributed by atoms with E-state index in [2.05, 4.69) is 31.5 Å². The van der Waals surface area contributed by atoms with E-state index >= 15 is 0 Å². The Hall–Kier alpha value is -1.88. The first kappa shape index (κ1) is 13.5. The molecule has 1 aromatic carbocycles. The molecule has 1 heterocycles. The molecular formula is C14H14BrN3O. The number of nitrogens with one attached hydrogen (secondary N) is 2. The molecule has 0 fully saturated rings. The van der Waals surface area contributed by atoms with Crippen molar-refractivity contribution in [3.05, 3.63) is 52.6 Å². The summed E-state index contributed by atoms with van der Waals surface area (Å²) in [6.07, 6.45) is 1.63. The summed E-state index contributed by atoms with van der Waals surface area (Å²) < 4.78 is 0.945. The van der Waals surface area contributed by atoms with Crippen LogP contribution in [-0.2, 0) is 0 Å². The van der Waals surface area contributed by atoms with Gasteiger partial charge in [-0.05, 0) is 43.3 Å². The lowest BCUT2D eigenvalue weighted by atomic mass is 10.2. The van der Waals surface area contributed by atoms with Gasteiger partial charge in [0.1, 0.15) is 5.82 Å². The highest BCUT2D eigenvalue weighted by Crippen LogP contribution is 2.13. The Balaban J connectivity index is 2.04. The zero-order chi connectivity index (χ0) is 13.7. The predicted octanol–water partition coefficient (Wildman–Crippen LogP) is 3.53. The highest BCUT2D eigenvalue weighted by molar-refractivity contribution is 9.10. The van der Waals surface area contributed by atoms with Crippen molar-refractivity contribution in [2.75, 3.05) is 17.2 Å². The minimum Gasteiger partial charge on any atom is -0.370 e. The Morgan fingerprint density at radius 2 is 1.95 bits per heavy atom. The Morgan fingerprint density at radius 1 is 1.21 bits per heavy atom. The third-order valence-electron chi connectivity index (χ3n) is 2.49. The summed E-state index contributed by atoms with van der Waals surface area (Å²) in [5.41, 5.74) is 1.29. The molecule has 0 aliphatic heterocycles. The van der Waals surface area contributed by atoms with E-state index in [9.17, 15) is 4.79 Å². The second-order valence-electron chi connectivity index (χ2n) is 3.92. The van der Waals surface area contributed by atoms with Gasteiger partial charge in [-0.15, -0.1) is 0 Å². The van der Waals surface area contributed by atoms with Crippen LogP contribution < -0.4 is 10.6 Å². The predicted molar refractivity (Wildman–Crippen MR) is 80.5 cm³/mol. The summed E-state index contributed by atoms with van der Waals surface area (Å²) in [4.78, 5) is 16.2. The molecule has 2 N–H and O–H groups in total. The van der Waals surface area contributed by atoms with E-state index in [0.717, 1.165) is 16.8 Å². The maximum atomic E-state index is 12.0. The summed E-state index contributed by atoms with van der Waals surface area (Å²) in [7, 11) is 0. The molecule has 0 saturated carbocycles. The van der Waals surface area contributed by atoms with Gasteiger partial charge in [-0.2, -0.15) is 0 Å². The molecule has 98 valence electrons. The van der Waals surface area contributed by atoms with Crippen molar-refractivity contribution in [3.8, 4) is 0 Å². The van der Waals surface area contributed by atoms with Crippen molar-refractivity contribution in [3.63, 3.8) is 0 Å². The Bertz CT molecular complexity index is 552. The van der Waals surface area contributed by atoms with E-state index in [-0.39, 0.29) is 5.91 Å². The van der Waals surface area contributed by atoms with E-state index in [1.165, 1.54) is 0 Å². The van der Waals surface area contributed by atoms with Crippen LogP contribution in [0.2, 0.25) is 0 Å². The van der Waals surface area contributed by atoms with Gasteiger partial charge in [-0.3, -0.25) is 4.79 Å². The number of hydrogen-bond donors (Lipinski definition) is 2. The molecule has 0 atom stereocenters. The minimum atomic E-state index is -0.148. The molecule has 1 aromatic heterocycles. The molecule has 0 spiro atoms. The quantitative estimate of drug-likeness (QED) is 0.906. The van der Waals surface area contributed by atoms with Gasteiger partial charge in [0.05, 0.1) is 11.9 Å². The molecule has 19 heavy (non-hydrogen) atoms. The van der Waals surface area contributed by atoms with Crippen LogP contribution in [0.1, 0.15) is 17.3 Å². The third kappa shape index (κ3) is 3.79. The van der Waals surface area contributed by atoms with E-state index in [4.69, 9.17) is 0 Å². The first-order valence-corrected chi connectivity index (χ1v) is 6.75. The molecular weight excluding hydrogens is 306 g/mol. The molecule has 0 unspecified atom stereocenters. The number of halogens is 1. The van der Waals surface area contributed by atoms with Gasteiger partial charge in [-0.1, -0.05) is 15.9 Å². The van der Waals surface area contributed by atoms with Gasteiger partial charge in [0.15, 0.2) is 0 Å². The van der Waals surface area contributed by atoms with E-state index in [1.54, 1.807) is 18.3 Å². The molecule has 0 saturated heterocycles. The number of amides is 1. The van der Waals surface area contributed by atoms with Gasteiger partial charge in [-0.25, -0.2) is 4.98 Å². The van der Waals surface area contributed by atoms with E-state index in [1.807, 2.05) is 31.2 Å². The molecule has 0 aliphatic carbocycles. The van der Waals surface area contributed by atoms with Crippen molar-refractivity contribution in [1.82, 2.24) is 4.98 Å². The van der Waals surface area contributed by atoms with Crippen LogP contribution in [0.4, 0.5) is 11.5 Å². The first-order chi connectivity index (χ1) is 9.19. The topological polar surface area (TPSA) is 54.0 Å². The number of pyridine rings is 1. The minimum absolute atomic E-state index is 0.148. The molecule has 1 amide bonds. The van der Waals surface area contributed by atoms with Crippen LogP contribution in [0.15, 0.2) is 47.1 Å². The number of nitrogens with zero attached hydrogens (tertiary/aromatic N) is 1. The number of aromatic nitrogens is 1. The zero-order valence-electron chi connectivity index (χ0n) is 10.5. The Morgan fingerprint density at radius 3 is 2.53 bits per heavy atom. The Labute approximate surface area is 120 Å². The molecule has 0 bridgehead atoms. The van der Waals surface area contributed by atoms with Crippen LogP contribution >= 0.6 is 15.9 Å². The smallest absolute Gasteiger partial charge is 0.255 e. The standard InChI is InChI=1S/C14H14BrN3O/c1-2-16-13-8-7-12(9-17-13)18-14(19)10-3-5-11(15)6-4-10/h3-9H,2H2,1H3,(H,16,17)(H,18,19). The number of benzene rings is 1. The highest BCUT2D eigenvalue weighted by atomic mass is 79.9. The zero-order valence-corrected chi connectivity index (χ0v) is 12.1. The number of hydrogen-bond acceptors (Lipinski definition) is 3. The SMILES string of the molecule is CCNc1ccc(NC(=O)c2ccc(Br)cc2)cn1. The maximum absolute atomic E-state index is 12.0. The number of anilines is 2. The summed E-state index contributed by atoms with van der Waals surface area (Å²) >= 11 is 3.34. The number of rotatable bonds is 4. The largest absolute Gasteiger partial charge is 0.370 e. The van der Waals surface area contributed by atoms with E-state index in [0.29, 0.717) is 11.3 Å². The lowest BCUT2D eigenvalue weighted by Gasteiger charge is -2.06. The van der Waals surface area contributed by atoms with Crippen molar-refractivity contribution in [2.24, 2.45) is 0 Å². The van der Waals surface area contributed by atoms with Crippen LogP contribution in [0.3, 0.4) is 0 Å². The van der Waals surface area contributed by atoms with Crippen LogP contribution in [-0.4, -0.2) is 17.4 Å². The van der Waals surface area contributed by atoms with Gasteiger partial charge in [0.2, 0.25) is 0 Å². The summed E-state index contributed by atoms with van der Waals surface area (Å²) in [6.45, 7) is 2.82. The maximum Gasteiger partial charge on any atom is 0.255 e. The van der Waals surface area contributed by atoms with Crippen LogP contribution in [0.5, 0.6) is 0 Å². The Kier molecular flexibility index (Phi) is 4.52. The molecule has 5 heteroatoms. The van der Waals surface area contributed by atoms with Crippen molar-refractivity contribution in [2.45, 2.75) is 6.92 Å². The molecule has 2 aromatic rings. The number of carbonyl (C=O) groups excluding carboxylic acids is 1. The molecule has 0 aliphatic rings. The fraction of sp³-hybridized carbons (Fsp3) is 0.143. The summed E-state index contributed by atoms with van der Waals surface area (Å²) in [5.74, 6) is 0.648. The van der Waals surface area contributed by atoms with Crippen molar-refractivity contribution < 1.29 is 4.79 Å². The average molecular weight is 320 g/mol. The fourth-order valence-corrected chi connectivity index (χ4v) is 1.82. The molecule has 2 rings (SSSR count). The van der Waals surface area contributed by atoms with Crippen molar-refractivity contribution in [1.29, 1.82) is 0 Å². The van der Waals surface area contributed by atoms with Crippen LogP contribution in [0, 0.1) is 0 Å². The van der Waals surface area contributed by atoms with Gasteiger partial charge in [0, 0.05) is 16.6 Å². The number of carbonyl (C=O) groups is 1. The fourth-order valence-electron chi connectivity index (χ4n) is 1.56. The highest BCUT2D eigenvalue weighted by Gasteiger charge is 2.05. The lowest BCUT2D eigenvalue weighted by molar-refractivity contribution is 0.102.